The summed E-state index contributed by atoms with van der Waals surface area (Å²) in [5.74, 6) is 2.42. The zero-order valence-corrected chi connectivity index (χ0v) is 14.1. The molecule has 0 saturated heterocycles. The van der Waals surface area contributed by atoms with E-state index in [2.05, 4.69) is 20.5 Å². The van der Waals surface area contributed by atoms with Crippen molar-refractivity contribution < 1.29 is 14.3 Å². The molecule has 7 nitrogen and oxygen atoms in total. The number of aromatic amines is 1. The van der Waals surface area contributed by atoms with Crippen LogP contribution >= 0.6 is 11.8 Å². The van der Waals surface area contributed by atoms with Gasteiger partial charge in [0, 0.05) is 12.3 Å². The number of thioether (sulfide) groups is 1. The molecule has 0 saturated carbocycles. The van der Waals surface area contributed by atoms with Crippen LogP contribution in [0.3, 0.4) is 0 Å². The third-order valence-electron chi connectivity index (χ3n) is 2.95. The average molecular weight is 336 g/mol. The second-order valence-electron chi connectivity index (χ2n) is 4.75. The van der Waals surface area contributed by atoms with Crippen molar-refractivity contribution in [2.24, 2.45) is 0 Å². The highest BCUT2D eigenvalue weighted by Crippen LogP contribution is 2.26. The quantitative estimate of drug-likeness (QED) is 0.564. The number of nitrogens with one attached hydrogen (secondary N) is 2. The van der Waals surface area contributed by atoms with Crippen LogP contribution in [0.1, 0.15) is 12.7 Å². The Hall–Kier alpha value is -2.22. The normalized spacial score (nSPS) is 11.8. The maximum absolute atomic E-state index is 12.0. The highest BCUT2D eigenvalue weighted by atomic mass is 32.2. The van der Waals surface area contributed by atoms with Gasteiger partial charge in [-0.05, 0) is 26.0 Å². The number of H-pyrrole nitrogens is 1. The molecule has 0 spiro atoms. The molecule has 0 aliphatic heterocycles. The molecule has 1 amide bonds. The van der Waals surface area contributed by atoms with Crippen molar-refractivity contribution >= 4 is 17.7 Å². The van der Waals surface area contributed by atoms with Gasteiger partial charge in [-0.15, -0.1) is 5.10 Å². The Morgan fingerprint density at radius 3 is 2.78 bits per heavy atom. The van der Waals surface area contributed by atoms with Crippen LogP contribution in [0.25, 0.3) is 0 Å². The molecule has 1 aromatic carbocycles. The third kappa shape index (κ3) is 5.17. The Kier molecular flexibility index (Phi) is 6.28. The number of rotatable bonds is 8. The van der Waals surface area contributed by atoms with Crippen molar-refractivity contribution in [3.63, 3.8) is 0 Å². The Morgan fingerprint density at radius 2 is 2.13 bits per heavy atom. The number of nitrogens with zero attached hydrogens (tertiary/aromatic N) is 2. The molecule has 0 unspecified atom stereocenters. The zero-order valence-electron chi connectivity index (χ0n) is 13.3. The molecule has 2 aromatic rings. The second kappa shape index (κ2) is 8.42. The molecule has 2 N–H and O–H groups in total. The van der Waals surface area contributed by atoms with E-state index < -0.39 is 6.10 Å². The van der Waals surface area contributed by atoms with E-state index in [0.29, 0.717) is 29.0 Å². The third-order valence-corrected chi connectivity index (χ3v) is 3.80. The van der Waals surface area contributed by atoms with E-state index in [9.17, 15) is 4.79 Å². The first-order valence-electron chi connectivity index (χ1n) is 7.19. The summed E-state index contributed by atoms with van der Waals surface area (Å²) in [6.45, 7) is 4.06. The number of hydrogen-bond donors (Lipinski definition) is 2. The van der Waals surface area contributed by atoms with Crippen LogP contribution in [0.4, 0.5) is 0 Å². The number of benzene rings is 1. The van der Waals surface area contributed by atoms with E-state index in [1.807, 2.05) is 19.1 Å². The summed E-state index contributed by atoms with van der Waals surface area (Å²) < 4.78 is 10.8. The van der Waals surface area contributed by atoms with Crippen molar-refractivity contribution in [3.8, 4) is 11.5 Å². The lowest BCUT2D eigenvalue weighted by Crippen LogP contribution is -2.37. The molecule has 0 fully saturated rings. The maximum atomic E-state index is 12.0. The fraction of sp³-hybridized carbons (Fsp3) is 0.400. The van der Waals surface area contributed by atoms with Gasteiger partial charge in [0.2, 0.25) is 5.16 Å². The summed E-state index contributed by atoms with van der Waals surface area (Å²) in [5.41, 5.74) is 0. The van der Waals surface area contributed by atoms with Crippen LogP contribution < -0.4 is 14.8 Å². The Morgan fingerprint density at radius 1 is 1.39 bits per heavy atom. The molecule has 1 atom stereocenters. The minimum absolute atomic E-state index is 0.178. The number of ether oxygens (including phenoxy) is 2. The number of aromatic nitrogens is 3. The van der Waals surface area contributed by atoms with Crippen LogP contribution in [0.2, 0.25) is 0 Å². The molecule has 1 aromatic heterocycles. The van der Waals surface area contributed by atoms with Gasteiger partial charge in [0.15, 0.2) is 17.6 Å². The van der Waals surface area contributed by atoms with Crippen LogP contribution in [0.5, 0.6) is 11.5 Å². The number of para-hydroxylation sites is 2. The van der Waals surface area contributed by atoms with E-state index in [4.69, 9.17) is 9.47 Å². The summed E-state index contributed by atoms with van der Waals surface area (Å²) in [6, 6.07) is 7.23. The number of carbonyl (C=O) groups is 1. The van der Waals surface area contributed by atoms with E-state index in [0.717, 1.165) is 5.82 Å². The van der Waals surface area contributed by atoms with Crippen molar-refractivity contribution in [1.82, 2.24) is 20.5 Å². The van der Waals surface area contributed by atoms with Gasteiger partial charge in [0.05, 0.1) is 7.11 Å². The van der Waals surface area contributed by atoms with Crippen molar-refractivity contribution in [2.75, 3.05) is 19.4 Å². The van der Waals surface area contributed by atoms with Crippen LogP contribution in [-0.2, 0) is 4.79 Å². The summed E-state index contributed by atoms with van der Waals surface area (Å²) in [7, 11) is 1.56. The van der Waals surface area contributed by atoms with Crippen LogP contribution in [0, 0.1) is 6.92 Å². The maximum Gasteiger partial charge on any atom is 0.260 e. The average Bonchev–Trinajstić information content (AvgIpc) is 2.97. The van der Waals surface area contributed by atoms with Gasteiger partial charge in [0.25, 0.3) is 5.91 Å². The van der Waals surface area contributed by atoms with Gasteiger partial charge in [-0.1, -0.05) is 23.9 Å². The number of carbonyl (C=O) groups excluding carboxylic acids is 1. The number of aryl methyl sites for hydroxylation is 1. The summed E-state index contributed by atoms with van der Waals surface area (Å²) in [5, 5.41) is 10.3. The van der Waals surface area contributed by atoms with Crippen LogP contribution in [0.15, 0.2) is 29.4 Å². The van der Waals surface area contributed by atoms with Gasteiger partial charge in [0.1, 0.15) is 5.82 Å². The minimum Gasteiger partial charge on any atom is -0.493 e. The summed E-state index contributed by atoms with van der Waals surface area (Å²) in [6.07, 6.45) is -0.609. The van der Waals surface area contributed by atoms with Crippen molar-refractivity contribution in [2.45, 2.75) is 25.1 Å². The molecule has 0 bridgehead atoms. The molecule has 8 heteroatoms. The van der Waals surface area contributed by atoms with Crippen LogP contribution in [-0.4, -0.2) is 46.6 Å². The molecule has 124 valence electrons. The molecule has 1 heterocycles. The van der Waals surface area contributed by atoms with Gasteiger partial charge >= 0.3 is 0 Å². The second-order valence-corrected chi connectivity index (χ2v) is 5.82. The largest absolute Gasteiger partial charge is 0.493 e. The van der Waals surface area contributed by atoms with Crippen molar-refractivity contribution in [1.29, 1.82) is 0 Å². The fourth-order valence-electron chi connectivity index (χ4n) is 1.81. The van der Waals surface area contributed by atoms with Gasteiger partial charge < -0.3 is 14.8 Å². The molecule has 2 rings (SSSR count). The number of methoxy groups -OCH3 is 1. The molecule has 0 aliphatic rings. The van der Waals surface area contributed by atoms with E-state index in [1.54, 1.807) is 26.2 Å². The molecule has 0 radical (unpaired) electrons. The first kappa shape index (κ1) is 17.1. The smallest absolute Gasteiger partial charge is 0.260 e. The lowest BCUT2D eigenvalue weighted by molar-refractivity contribution is -0.127. The van der Waals surface area contributed by atoms with Gasteiger partial charge in [-0.3, -0.25) is 9.89 Å². The fourth-order valence-corrected chi connectivity index (χ4v) is 2.51. The number of amides is 1. The van der Waals surface area contributed by atoms with E-state index in [-0.39, 0.29) is 5.91 Å². The standard InChI is InChI=1S/C15H20N4O3S/c1-10(22-13-7-5-4-6-12(13)21-3)14(20)16-8-9-23-15-17-11(2)18-19-15/h4-7,10H,8-9H2,1-3H3,(H,16,20)(H,17,18,19)/t10-/m1/s1. The molecule has 23 heavy (non-hydrogen) atoms. The van der Waals surface area contributed by atoms with Gasteiger partial charge in [-0.2, -0.15) is 0 Å². The Labute approximate surface area is 139 Å². The lowest BCUT2D eigenvalue weighted by Gasteiger charge is -2.16. The topological polar surface area (TPSA) is 89.1 Å². The molecular formula is C15H20N4O3S. The monoisotopic (exact) mass is 336 g/mol. The van der Waals surface area contributed by atoms with E-state index in [1.165, 1.54) is 11.8 Å². The molecular weight excluding hydrogens is 316 g/mol. The Balaban J connectivity index is 1.74. The number of hydrogen-bond acceptors (Lipinski definition) is 6. The molecule has 0 aliphatic carbocycles. The minimum atomic E-state index is -0.609. The zero-order chi connectivity index (χ0) is 16.7. The predicted octanol–water partition coefficient (Wildman–Crippen LogP) is 1.80. The summed E-state index contributed by atoms with van der Waals surface area (Å²) in [4.78, 5) is 16.2. The first-order chi connectivity index (χ1) is 11.1. The van der Waals surface area contributed by atoms with E-state index >= 15 is 0 Å². The highest BCUT2D eigenvalue weighted by Gasteiger charge is 2.16. The summed E-state index contributed by atoms with van der Waals surface area (Å²) >= 11 is 1.48. The van der Waals surface area contributed by atoms with Crippen molar-refractivity contribution in [3.05, 3.63) is 30.1 Å². The highest BCUT2D eigenvalue weighted by molar-refractivity contribution is 7.99. The Bertz CT molecular complexity index is 647. The SMILES string of the molecule is COc1ccccc1O[C@H](C)C(=O)NCCSc1n[nH]c(C)n1. The van der Waals surface area contributed by atoms with Gasteiger partial charge in [-0.25, -0.2) is 4.98 Å². The predicted molar refractivity (Wildman–Crippen MR) is 87.9 cm³/mol. The lowest BCUT2D eigenvalue weighted by atomic mass is 10.3. The first-order valence-corrected chi connectivity index (χ1v) is 8.18.